The molecule has 2 N–H and O–H groups in total. The Morgan fingerprint density at radius 3 is 2.70 bits per heavy atom. The average Bonchev–Trinajstić information content (AvgIpc) is 3.45. The minimum absolute atomic E-state index is 0.0624. The number of benzene rings is 1. The summed E-state index contributed by atoms with van der Waals surface area (Å²) in [4.78, 5) is 14.4. The minimum atomic E-state index is -3.49. The quantitative estimate of drug-likeness (QED) is 0.621. The standard InChI is InChI=1S/C18H27N3O5S/c1-14-12-16(27(23,24)20-15-2-3-15)4-5-17(14)26-13-18(22)19-6-7-21-8-10-25-11-9-21/h4-5,12,15,20H,2-3,6-11,13H2,1H3,(H,19,22). The van der Waals surface area contributed by atoms with Crippen molar-refractivity contribution in [3.63, 3.8) is 0 Å². The molecule has 9 heteroatoms. The van der Waals surface area contributed by atoms with Gasteiger partial charge in [0, 0.05) is 32.2 Å². The van der Waals surface area contributed by atoms with Crippen molar-refractivity contribution in [1.82, 2.24) is 14.9 Å². The van der Waals surface area contributed by atoms with Crippen molar-refractivity contribution in [2.75, 3.05) is 46.0 Å². The van der Waals surface area contributed by atoms with Gasteiger partial charge in [-0.15, -0.1) is 0 Å². The molecular formula is C18H27N3O5S. The van der Waals surface area contributed by atoms with E-state index >= 15 is 0 Å². The van der Waals surface area contributed by atoms with E-state index in [1.54, 1.807) is 19.1 Å². The number of ether oxygens (including phenoxy) is 2. The summed E-state index contributed by atoms with van der Waals surface area (Å²) in [6.45, 7) is 6.25. The number of hydrogen-bond donors (Lipinski definition) is 2. The van der Waals surface area contributed by atoms with Gasteiger partial charge in [-0.3, -0.25) is 9.69 Å². The third-order valence-corrected chi connectivity index (χ3v) is 6.09. The molecule has 3 rings (SSSR count). The summed E-state index contributed by atoms with van der Waals surface area (Å²) in [5.41, 5.74) is 0.676. The highest BCUT2D eigenvalue weighted by molar-refractivity contribution is 7.89. The number of rotatable bonds is 9. The van der Waals surface area contributed by atoms with Crippen LogP contribution in [0.2, 0.25) is 0 Å². The first-order valence-corrected chi connectivity index (χ1v) is 10.7. The maximum absolute atomic E-state index is 12.2. The number of nitrogens with zero attached hydrogens (tertiary/aromatic N) is 1. The molecule has 1 heterocycles. The van der Waals surface area contributed by atoms with Gasteiger partial charge in [-0.05, 0) is 43.5 Å². The van der Waals surface area contributed by atoms with Gasteiger partial charge in [0.25, 0.3) is 5.91 Å². The van der Waals surface area contributed by atoms with Crippen LogP contribution in [-0.2, 0) is 19.6 Å². The summed E-state index contributed by atoms with van der Waals surface area (Å²) in [7, 11) is -3.49. The summed E-state index contributed by atoms with van der Waals surface area (Å²) < 4.78 is 37.9. The van der Waals surface area contributed by atoms with Crippen LogP contribution in [0.4, 0.5) is 0 Å². The summed E-state index contributed by atoms with van der Waals surface area (Å²) in [5, 5.41) is 2.83. The molecule has 1 aliphatic heterocycles. The summed E-state index contributed by atoms with van der Waals surface area (Å²) in [6.07, 6.45) is 1.78. The second kappa shape index (κ2) is 9.01. The Hall–Kier alpha value is -1.68. The van der Waals surface area contributed by atoms with Crippen molar-refractivity contribution in [2.45, 2.75) is 30.7 Å². The second-order valence-electron chi connectivity index (χ2n) is 6.92. The van der Waals surface area contributed by atoms with Crippen LogP contribution in [0.25, 0.3) is 0 Å². The Kier molecular flexibility index (Phi) is 6.69. The van der Waals surface area contributed by atoms with Crippen molar-refractivity contribution in [2.24, 2.45) is 0 Å². The molecule has 0 spiro atoms. The van der Waals surface area contributed by atoms with Crippen LogP contribution >= 0.6 is 0 Å². The van der Waals surface area contributed by atoms with Crippen LogP contribution in [0.15, 0.2) is 23.1 Å². The van der Waals surface area contributed by atoms with Gasteiger partial charge in [-0.2, -0.15) is 0 Å². The third-order valence-electron chi connectivity index (χ3n) is 4.57. The van der Waals surface area contributed by atoms with E-state index in [9.17, 15) is 13.2 Å². The Morgan fingerprint density at radius 2 is 2.04 bits per heavy atom. The second-order valence-corrected chi connectivity index (χ2v) is 8.63. The van der Waals surface area contributed by atoms with Crippen LogP contribution < -0.4 is 14.8 Å². The molecule has 150 valence electrons. The zero-order valence-corrected chi connectivity index (χ0v) is 16.4. The molecule has 0 bridgehead atoms. The smallest absolute Gasteiger partial charge is 0.257 e. The molecule has 1 saturated heterocycles. The monoisotopic (exact) mass is 397 g/mol. The first-order chi connectivity index (χ1) is 12.9. The molecular weight excluding hydrogens is 370 g/mol. The molecule has 2 aliphatic rings. The van der Waals surface area contributed by atoms with E-state index in [4.69, 9.17) is 9.47 Å². The zero-order chi connectivity index (χ0) is 19.3. The molecule has 0 atom stereocenters. The lowest BCUT2D eigenvalue weighted by Crippen LogP contribution is -2.42. The fourth-order valence-electron chi connectivity index (χ4n) is 2.81. The van der Waals surface area contributed by atoms with Crippen LogP contribution in [0.1, 0.15) is 18.4 Å². The fourth-order valence-corrected chi connectivity index (χ4v) is 4.20. The highest BCUT2D eigenvalue weighted by atomic mass is 32.2. The molecule has 1 saturated carbocycles. The zero-order valence-electron chi connectivity index (χ0n) is 15.6. The first-order valence-electron chi connectivity index (χ1n) is 9.26. The summed E-state index contributed by atoms with van der Waals surface area (Å²) in [6, 6.07) is 4.73. The summed E-state index contributed by atoms with van der Waals surface area (Å²) in [5.74, 6) is 0.304. The molecule has 1 aromatic carbocycles. The molecule has 0 radical (unpaired) electrons. The van der Waals surface area contributed by atoms with Gasteiger partial charge in [0.15, 0.2) is 6.61 Å². The molecule has 0 unspecified atom stereocenters. The Balaban J connectivity index is 1.43. The number of carbonyl (C=O) groups is 1. The Bertz CT molecular complexity index is 758. The molecule has 8 nitrogen and oxygen atoms in total. The molecule has 1 amide bonds. The van der Waals surface area contributed by atoms with Crippen molar-refractivity contribution in [1.29, 1.82) is 0 Å². The van der Waals surface area contributed by atoms with Crippen LogP contribution in [0.5, 0.6) is 5.75 Å². The summed E-state index contributed by atoms with van der Waals surface area (Å²) >= 11 is 0. The lowest BCUT2D eigenvalue weighted by atomic mass is 10.2. The predicted molar refractivity (Wildman–Crippen MR) is 100 cm³/mol. The number of hydrogen-bond acceptors (Lipinski definition) is 6. The Morgan fingerprint density at radius 1 is 1.30 bits per heavy atom. The van der Waals surface area contributed by atoms with E-state index in [1.165, 1.54) is 6.07 Å². The maximum atomic E-state index is 12.2. The van der Waals surface area contributed by atoms with Gasteiger partial charge in [0.05, 0.1) is 18.1 Å². The minimum Gasteiger partial charge on any atom is -0.484 e. The van der Waals surface area contributed by atoms with Crippen LogP contribution in [0, 0.1) is 6.92 Å². The molecule has 1 aliphatic carbocycles. The number of aryl methyl sites for hydroxylation is 1. The number of amides is 1. The number of sulfonamides is 1. The van der Waals surface area contributed by atoms with Crippen molar-refractivity contribution < 1.29 is 22.7 Å². The van der Waals surface area contributed by atoms with Gasteiger partial charge in [0.1, 0.15) is 5.75 Å². The number of carbonyl (C=O) groups excluding carboxylic acids is 1. The van der Waals surface area contributed by atoms with E-state index in [0.29, 0.717) is 17.9 Å². The van der Waals surface area contributed by atoms with Gasteiger partial charge in [-0.1, -0.05) is 0 Å². The van der Waals surface area contributed by atoms with Crippen molar-refractivity contribution in [3.8, 4) is 5.75 Å². The van der Waals surface area contributed by atoms with Gasteiger partial charge < -0.3 is 14.8 Å². The molecule has 27 heavy (non-hydrogen) atoms. The SMILES string of the molecule is Cc1cc(S(=O)(=O)NC2CC2)ccc1OCC(=O)NCCN1CCOCC1. The largest absolute Gasteiger partial charge is 0.484 e. The lowest BCUT2D eigenvalue weighted by molar-refractivity contribution is -0.123. The molecule has 0 aromatic heterocycles. The fraction of sp³-hybridized carbons (Fsp3) is 0.611. The van der Waals surface area contributed by atoms with Gasteiger partial charge in [-0.25, -0.2) is 13.1 Å². The van der Waals surface area contributed by atoms with Crippen LogP contribution in [-0.4, -0.2) is 71.3 Å². The maximum Gasteiger partial charge on any atom is 0.257 e. The molecule has 2 fully saturated rings. The van der Waals surface area contributed by atoms with Gasteiger partial charge >= 0.3 is 0 Å². The predicted octanol–water partition coefficient (Wildman–Crippen LogP) is 0.263. The van der Waals surface area contributed by atoms with Crippen molar-refractivity contribution in [3.05, 3.63) is 23.8 Å². The highest BCUT2D eigenvalue weighted by Crippen LogP contribution is 2.25. The van der Waals surface area contributed by atoms with E-state index in [1.807, 2.05) is 0 Å². The lowest BCUT2D eigenvalue weighted by Gasteiger charge is -2.26. The van der Waals surface area contributed by atoms with E-state index in [0.717, 1.165) is 45.7 Å². The normalized spacial score (nSPS) is 18.3. The number of morpholine rings is 1. The topological polar surface area (TPSA) is 97.0 Å². The highest BCUT2D eigenvalue weighted by Gasteiger charge is 2.28. The third kappa shape index (κ3) is 6.17. The van der Waals surface area contributed by atoms with Crippen molar-refractivity contribution >= 4 is 15.9 Å². The van der Waals surface area contributed by atoms with Crippen LogP contribution in [0.3, 0.4) is 0 Å². The van der Waals surface area contributed by atoms with E-state index in [-0.39, 0.29) is 23.5 Å². The first kappa shape index (κ1) is 20.1. The number of nitrogens with one attached hydrogen (secondary N) is 2. The average molecular weight is 397 g/mol. The Labute approximate surface area is 160 Å². The van der Waals surface area contributed by atoms with E-state index in [2.05, 4.69) is 14.9 Å². The van der Waals surface area contributed by atoms with E-state index < -0.39 is 10.0 Å². The molecule has 1 aromatic rings. The van der Waals surface area contributed by atoms with Gasteiger partial charge in [0.2, 0.25) is 10.0 Å².